The van der Waals surface area contributed by atoms with E-state index in [4.69, 9.17) is 4.74 Å². The van der Waals surface area contributed by atoms with Crippen LogP contribution in [-0.2, 0) is 10.2 Å². The molecule has 0 aliphatic carbocycles. The summed E-state index contributed by atoms with van der Waals surface area (Å²) >= 11 is 0. The van der Waals surface area contributed by atoms with Crippen molar-refractivity contribution < 1.29 is 14.3 Å². The van der Waals surface area contributed by atoms with E-state index in [-0.39, 0.29) is 23.4 Å². The summed E-state index contributed by atoms with van der Waals surface area (Å²) in [6.45, 7) is 10.1. The molecule has 1 aliphatic heterocycles. The summed E-state index contributed by atoms with van der Waals surface area (Å²) in [6, 6.07) is 8.00. The standard InChI is InChI=1S/C20H31N3O3/c1-15(24)22-17-8-6-11-23(14-17)19(25)21-10-12-26-18-9-5-7-16(13-18)20(2,3)4/h5,7,9,13,17H,6,8,10-12,14H2,1-4H3,(H,21,25)(H,22,24). The molecule has 144 valence electrons. The molecular formula is C20H31N3O3. The van der Waals surface area contributed by atoms with E-state index in [9.17, 15) is 9.59 Å². The average molecular weight is 361 g/mol. The van der Waals surface area contributed by atoms with Gasteiger partial charge in [-0.2, -0.15) is 0 Å². The molecule has 0 radical (unpaired) electrons. The summed E-state index contributed by atoms with van der Waals surface area (Å²) in [5.41, 5.74) is 1.29. The summed E-state index contributed by atoms with van der Waals surface area (Å²) in [4.78, 5) is 25.2. The molecule has 1 heterocycles. The number of amides is 3. The predicted octanol–water partition coefficient (Wildman–Crippen LogP) is 2.67. The number of likely N-dealkylation sites (tertiary alicyclic amines) is 1. The van der Waals surface area contributed by atoms with Gasteiger partial charge in [0.15, 0.2) is 0 Å². The number of nitrogens with one attached hydrogen (secondary N) is 2. The molecule has 2 rings (SSSR count). The molecule has 2 N–H and O–H groups in total. The van der Waals surface area contributed by atoms with Gasteiger partial charge in [-0.25, -0.2) is 4.79 Å². The second-order valence-electron chi connectivity index (χ2n) is 7.84. The second kappa shape index (κ2) is 8.92. The van der Waals surface area contributed by atoms with E-state index in [1.807, 2.05) is 18.2 Å². The van der Waals surface area contributed by atoms with Gasteiger partial charge in [-0.05, 0) is 36.0 Å². The van der Waals surface area contributed by atoms with Crippen molar-refractivity contribution in [3.05, 3.63) is 29.8 Å². The van der Waals surface area contributed by atoms with Gasteiger partial charge in [0, 0.05) is 26.1 Å². The minimum absolute atomic E-state index is 0.0448. The van der Waals surface area contributed by atoms with Gasteiger partial charge < -0.3 is 20.3 Å². The van der Waals surface area contributed by atoms with Crippen LogP contribution in [-0.4, -0.2) is 49.1 Å². The summed E-state index contributed by atoms with van der Waals surface area (Å²) < 4.78 is 5.76. The van der Waals surface area contributed by atoms with Crippen molar-refractivity contribution in [2.75, 3.05) is 26.2 Å². The number of piperidine rings is 1. The molecule has 6 nitrogen and oxygen atoms in total. The lowest BCUT2D eigenvalue weighted by Crippen LogP contribution is -2.52. The molecule has 1 aromatic carbocycles. The highest BCUT2D eigenvalue weighted by atomic mass is 16.5. The van der Waals surface area contributed by atoms with Crippen LogP contribution < -0.4 is 15.4 Å². The third kappa shape index (κ3) is 6.24. The normalized spacial score (nSPS) is 17.5. The van der Waals surface area contributed by atoms with Crippen molar-refractivity contribution in [3.8, 4) is 5.75 Å². The molecular weight excluding hydrogens is 330 g/mol. The van der Waals surface area contributed by atoms with Crippen molar-refractivity contribution in [2.45, 2.75) is 52.0 Å². The molecule has 3 amide bonds. The van der Waals surface area contributed by atoms with Crippen molar-refractivity contribution in [1.82, 2.24) is 15.5 Å². The number of nitrogens with zero attached hydrogens (tertiary/aromatic N) is 1. The maximum absolute atomic E-state index is 12.3. The van der Waals surface area contributed by atoms with E-state index in [0.29, 0.717) is 19.7 Å². The van der Waals surface area contributed by atoms with Gasteiger partial charge in [-0.1, -0.05) is 32.9 Å². The van der Waals surface area contributed by atoms with E-state index in [2.05, 4.69) is 37.5 Å². The number of hydrogen-bond donors (Lipinski definition) is 2. The number of rotatable bonds is 5. The Kier molecular flexibility index (Phi) is 6.89. The molecule has 0 bridgehead atoms. The molecule has 6 heteroatoms. The van der Waals surface area contributed by atoms with Crippen molar-refractivity contribution in [1.29, 1.82) is 0 Å². The van der Waals surface area contributed by atoms with Crippen molar-refractivity contribution in [3.63, 3.8) is 0 Å². The van der Waals surface area contributed by atoms with Gasteiger partial charge in [0.25, 0.3) is 0 Å². The first-order chi connectivity index (χ1) is 12.3. The topological polar surface area (TPSA) is 70.7 Å². The Balaban J connectivity index is 1.74. The fourth-order valence-corrected chi connectivity index (χ4v) is 3.06. The first kappa shape index (κ1) is 20.1. The lowest BCUT2D eigenvalue weighted by molar-refractivity contribution is -0.119. The molecule has 1 aromatic rings. The number of carbonyl (C=O) groups excluding carboxylic acids is 2. The smallest absolute Gasteiger partial charge is 0.317 e. The van der Waals surface area contributed by atoms with Crippen molar-refractivity contribution in [2.24, 2.45) is 0 Å². The van der Waals surface area contributed by atoms with Gasteiger partial charge in [-0.3, -0.25) is 4.79 Å². The Morgan fingerprint density at radius 1 is 1.31 bits per heavy atom. The predicted molar refractivity (Wildman–Crippen MR) is 102 cm³/mol. The lowest BCUT2D eigenvalue weighted by atomic mass is 9.87. The van der Waals surface area contributed by atoms with Crippen LogP contribution in [0.15, 0.2) is 24.3 Å². The van der Waals surface area contributed by atoms with Crippen LogP contribution in [0.5, 0.6) is 5.75 Å². The van der Waals surface area contributed by atoms with Gasteiger partial charge >= 0.3 is 6.03 Å². The first-order valence-electron chi connectivity index (χ1n) is 9.29. The SMILES string of the molecule is CC(=O)NC1CCCN(C(=O)NCCOc2cccc(C(C)(C)C)c2)C1. The third-order valence-corrected chi connectivity index (χ3v) is 4.46. The Hall–Kier alpha value is -2.24. The molecule has 0 saturated carbocycles. The van der Waals surface area contributed by atoms with Gasteiger partial charge in [0.2, 0.25) is 5.91 Å². The van der Waals surface area contributed by atoms with Crippen LogP contribution in [0.1, 0.15) is 46.1 Å². The third-order valence-electron chi connectivity index (χ3n) is 4.46. The zero-order valence-corrected chi connectivity index (χ0v) is 16.3. The van der Waals surface area contributed by atoms with Crippen LogP contribution in [0.4, 0.5) is 4.79 Å². The molecule has 1 atom stereocenters. The number of ether oxygens (including phenoxy) is 1. The maximum atomic E-state index is 12.3. The maximum Gasteiger partial charge on any atom is 0.317 e. The number of hydrogen-bond acceptors (Lipinski definition) is 3. The highest BCUT2D eigenvalue weighted by molar-refractivity contribution is 5.75. The minimum atomic E-state index is -0.105. The van der Waals surface area contributed by atoms with Crippen molar-refractivity contribution >= 4 is 11.9 Å². The molecule has 1 saturated heterocycles. The summed E-state index contributed by atoms with van der Waals surface area (Å²) in [5.74, 6) is 0.763. The second-order valence-corrected chi connectivity index (χ2v) is 7.84. The lowest BCUT2D eigenvalue weighted by Gasteiger charge is -2.33. The monoisotopic (exact) mass is 361 g/mol. The largest absolute Gasteiger partial charge is 0.492 e. The van der Waals surface area contributed by atoms with E-state index in [1.165, 1.54) is 12.5 Å². The van der Waals surface area contributed by atoms with E-state index < -0.39 is 0 Å². The molecule has 0 spiro atoms. The Morgan fingerprint density at radius 3 is 2.77 bits per heavy atom. The van der Waals surface area contributed by atoms with Crippen LogP contribution >= 0.6 is 0 Å². The molecule has 0 aromatic heterocycles. The van der Waals surface area contributed by atoms with Crippen LogP contribution in [0.2, 0.25) is 0 Å². The van der Waals surface area contributed by atoms with Crippen LogP contribution in [0.3, 0.4) is 0 Å². The van der Waals surface area contributed by atoms with E-state index in [0.717, 1.165) is 25.1 Å². The average Bonchev–Trinajstić information content (AvgIpc) is 2.58. The van der Waals surface area contributed by atoms with Gasteiger partial charge in [0.1, 0.15) is 12.4 Å². The summed E-state index contributed by atoms with van der Waals surface area (Å²) in [5, 5.41) is 5.78. The highest BCUT2D eigenvalue weighted by Crippen LogP contribution is 2.25. The molecule has 1 aliphatic rings. The number of carbonyl (C=O) groups is 2. The first-order valence-corrected chi connectivity index (χ1v) is 9.29. The van der Waals surface area contributed by atoms with E-state index >= 15 is 0 Å². The minimum Gasteiger partial charge on any atom is -0.492 e. The van der Waals surface area contributed by atoms with Crippen LogP contribution in [0, 0.1) is 0 Å². The quantitative estimate of drug-likeness (QED) is 0.792. The highest BCUT2D eigenvalue weighted by Gasteiger charge is 2.23. The van der Waals surface area contributed by atoms with Crippen LogP contribution in [0.25, 0.3) is 0 Å². The fourth-order valence-electron chi connectivity index (χ4n) is 3.06. The number of benzene rings is 1. The molecule has 1 fully saturated rings. The Bertz CT molecular complexity index is 625. The van der Waals surface area contributed by atoms with E-state index in [1.54, 1.807) is 4.90 Å². The molecule has 1 unspecified atom stereocenters. The van der Waals surface area contributed by atoms with Gasteiger partial charge in [-0.15, -0.1) is 0 Å². The molecule has 26 heavy (non-hydrogen) atoms. The zero-order chi connectivity index (χ0) is 19.2. The summed E-state index contributed by atoms with van der Waals surface area (Å²) in [7, 11) is 0. The Morgan fingerprint density at radius 2 is 2.08 bits per heavy atom. The number of urea groups is 1. The zero-order valence-electron chi connectivity index (χ0n) is 16.3. The Labute approximate surface area is 156 Å². The summed E-state index contributed by atoms with van der Waals surface area (Å²) in [6.07, 6.45) is 1.81. The fraction of sp³-hybridized carbons (Fsp3) is 0.600. The van der Waals surface area contributed by atoms with Gasteiger partial charge in [0.05, 0.1) is 6.54 Å².